The molecule has 1 aromatic rings. The van der Waals surface area contributed by atoms with E-state index in [4.69, 9.17) is 16.9 Å². The van der Waals surface area contributed by atoms with Crippen molar-refractivity contribution in [1.29, 1.82) is 5.26 Å². The highest BCUT2D eigenvalue weighted by Gasteiger charge is 2.22. The van der Waals surface area contributed by atoms with Gasteiger partial charge in [-0.05, 0) is 24.6 Å². The van der Waals surface area contributed by atoms with Crippen molar-refractivity contribution >= 4 is 11.6 Å². The summed E-state index contributed by atoms with van der Waals surface area (Å²) in [5.41, 5.74) is 0.0903. The van der Waals surface area contributed by atoms with Crippen molar-refractivity contribution in [2.45, 2.75) is 25.9 Å². The zero-order valence-electron chi connectivity index (χ0n) is 8.95. The van der Waals surface area contributed by atoms with E-state index in [0.29, 0.717) is 11.4 Å². The molecule has 0 aliphatic heterocycles. The summed E-state index contributed by atoms with van der Waals surface area (Å²) < 4.78 is 13.4. The molecule has 2 nitrogen and oxygen atoms in total. The van der Waals surface area contributed by atoms with E-state index in [1.807, 2.05) is 13.0 Å². The number of halogens is 2. The number of benzene rings is 1. The normalized spacial score (nSPS) is 14.2. The van der Waals surface area contributed by atoms with Crippen LogP contribution in [-0.4, -0.2) is 5.11 Å². The molecule has 0 amide bonds. The van der Waals surface area contributed by atoms with Crippen molar-refractivity contribution < 1.29 is 9.50 Å². The van der Waals surface area contributed by atoms with Crippen molar-refractivity contribution in [1.82, 2.24) is 0 Å². The predicted molar refractivity (Wildman–Crippen MR) is 60.4 cm³/mol. The molecule has 1 aromatic carbocycles. The molecule has 0 saturated carbocycles. The van der Waals surface area contributed by atoms with Gasteiger partial charge in [-0.1, -0.05) is 24.9 Å². The summed E-state index contributed by atoms with van der Waals surface area (Å²) in [6.07, 6.45) is 0.171. The minimum atomic E-state index is -1.12. The molecule has 86 valence electrons. The molecule has 0 aliphatic rings. The first-order valence-corrected chi connectivity index (χ1v) is 5.50. The van der Waals surface area contributed by atoms with Gasteiger partial charge in [0.25, 0.3) is 0 Å². The zero-order valence-corrected chi connectivity index (χ0v) is 9.71. The Morgan fingerprint density at radius 1 is 1.56 bits per heavy atom. The van der Waals surface area contributed by atoms with Crippen molar-refractivity contribution in [3.05, 3.63) is 34.6 Å². The van der Waals surface area contributed by atoms with Crippen LogP contribution < -0.4 is 0 Å². The summed E-state index contributed by atoms with van der Waals surface area (Å²) in [4.78, 5) is 0. The second-order valence-electron chi connectivity index (χ2n) is 3.63. The monoisotopic (exact) mass is 241 g/mol. The molecule has 0 spiro atoms. The number of hydrogen-bond acceptors (Lipinski definition) is 2. The van der Waals surface area contributed by atoms with Crippen LogP contribution in [-0.2, 0) is 0 Å². The molecular weight excluding hydrogens is 229 g/mol. The van der Waals surface area contributed by atoms with Crippen LogP contribution in [0.1, 0.15) is 31.4 Å². The topological polar surface area (TPSA) is 44.0 Å². The number of hydrogen-bond donors (Lipinski definition) is 1. The fourth-order valence-corrected chi connectivity index (χ4v) is 1.74. The highest BCUT2D eigenvalue weighted by Crippen LogP contribution is 2.29. The van der Waals surface area contributed by atoms with Crippen LogP contribution in [0.15, 0.2) is 18.2 Å². The van der Waals surface area contributed by atoms with Gasteiger partial charge in [0, 0.05) is 10.6 Å². The first kappa shape index (κ1) is 13.0. The molecule has 0 aliphatic carbocycles. The van der Waals surface area contributed by atoms with Crippen molar-refractivity contribution in [2.24, 2.45) is 5.92 Å². The summed E-state index contributed by atoms with van der Waals surface area (Å²) in [5.74, 6) is -1.13. The zero-order chi connectivity index (χ0) is 12.1. The third-order valence-electron chi connectivity index (χ3n) is 2.42. The lowest BCUT2D eigenvalue weighted by molar-refractivity contribution is 0.126. The Kier molecular flexibility index (Phi) is 4.72. The van der Waals surface area contributed by atoms with Crippen LogP contribution in [0.4, 0.5) is 4.39 Å². The van der Waals surface area contributed by atoms with E-state index in [9.17, 15) is 9.50 Å². The van der Waals surface area contributed by atoms with Gasteiger partial charge < -0.3 is 5.11 Å². The van der Waals surface area contributed by atoms with Crippen molar-refractivity contribution in [3.8, 4) is 6.07 Å². The van der Waals surface area contributed by atoms with E-state index in [2.05, 4.69) is 0 Å². The maximum Gasteiger partial charge on any atom is 0.129 e. The molecular formula is C12H13ClFNO. The minimum Gasteiger partial charge on any atom is -0.387 e. The first-order valence-electron chi connectivity index (χ1n) is 5.12. The number of nitrogens with zero attached hydrogens (tertiary/aromatic N) is 1. The molecule has 2 atom stereocenters. The van der Waals surface area contributed by atoms with Gasteiger partial charge in [0.1, 0.15) is 5.82 Å². The standard InChI is InChI=1S/C12H13ClFNO/c1-2-3-8(7-15)12(16)10-6-9(13)4-5-11(10)14/h4-6,8,12,16H,2-3H2,1H3. The van der Waals surface area contributed by atoms with Gasteiger partial charge >= 0.3 is 0 Å². The van der Waals surface area contributed by atoms with Gasteiger partial charge in [-0.2, -0.15) is 5.26 Å². The average molecular weight is 242 g/mol. The van der Waals surface area contributed by atoms with E-state index in [-0.39, 0.29) is 5.56 Å². The van der Waals surface area contributed by atoms with E-state index in [1.54, 1.807) is 0 Å². The lowest BCUT2D eigenvalue weighted by Gasteiger charge is -2.17. The molecule has 4 heteroatoms. The molecule has 1 N–H and O–H groups in total. The molecule has 0 heterocycles. The summed E-state index contributed by atoms with van der Waals surface area (Å²) in [7, 11) is 0. The molecule has 0 saturated heterocycles. The molecule has 0 aromatic heterocycles. The lowest BCUT2D eigenvalue weighted by atomic mass is 9.93. The molecule has 0 fully saturated rings. The number of nitriles is 1. The maximum atomic E-state index is 13.4. The Morgan fingerprint density at radius 3 is 2.81 bits per heavy atom. The van der Waals surface area contributed by atoms with Crippen LogP contribution in [0.2, 0.25) is 5.02 Å². The maximum absolute atomic E-state index is 13.4. The Morgan fingerprint density at radius 2 is 2.25 bits per heavy atom. The minimum absolute atomic E-state index is 0.0903. The highest BCUT2D eigenvalue weighted by atomic mass is 35.5. The third-order valence-corrected chi connectivity index (χ3v) is 2.66. The van der Waals surface area contributed by atoms with Gasteiger partial charge in [-0.3, -0.25) is 0 Å². The summed E-state index contributed by atoms with van der Waals surface area (Å²) in [6, 6.07) is 5.96. The SMILES string of the molecule is CCCC(C#N)C(O)c1cc(Cl)ccc1F. The Balaban J connectivity index is 2.98. The molecule has 0 bridgehead atoms. The fourth-order valence-electron chi connectivity index (χ4n) is 1.56. The Bertz CT molecular complexity index is 402. The molecule has 16 heavy (non-hydrogen) atoms. The summed E-state index contributed by atoms with van der Waals surface area (Å²) >= 11 is 5.73. The lowest BCUT2D eigenvalue weighted by Crippen LogP contribution is -2.12. The van der Waals surface area contributed by atoms with Gasteiger partial charge in [-0.15, -0.1) is 0 Å². The average Bonchev–Trinajstić information content (AvgIpc) is 2.28. The second-order valence-corrected chi connectivity index (χ2v) is 4.07. The van der Waals surface area contributed by atoms with E-state index in [1.165, 1.54) is 18.2 Å². The van der Waals surface area contributed by atoms with Crippen molar-refractivity contribution in [2.75, 3.05) is 0 Å². The summed E-state index contributed by atoms with van der Waals surface area (Å²) in [5, 5.41) is 19.1. The van der Waals surface area contributed by atoms with Crippen LogP contribution in [0.25, 0.3) is 0 Å². The summed E-state index contributed by atoms with van der Waals surface area (Å²) in [6.45, 7) is 1.91. The van der Waals surface area contributed by atoms with Gasteiger partial charge in [0.2, 0.25) is 0 Å². The van der Waals surface area contributed by atoms with Gasteiger partial charge in [-0.25, -0.2) is 4.39 Å². The molecule has 2 unspecified atom stereocenters. The third kappa shape index (κ3) is 2.94. The largest absolute Gasteiger partial charge is 0.387 e. The molecule has 0 radical (unpaired) electrons. The van der Waals surface area contributed by atoms with Crippen LogP contribution in [0.5, 0.6) is 0 Å². The van der Waals surface area contributed by atoms with Crippen molar-refractivity contribution in [3.63, 3.8) is 0 Å². The van der Waals surface area contributed by atoms with Crippen LogP contribution in [0, 0.1) is 23.1 Å². The number of aliphatic hydroxyl groups is 1. The Hall–Kier alpha value is -1.11. The highest BCUT2D eigenvalue weighted by molar-refractivity contribution is 6.30. The van der Waals surface area contributed by atoms with E-state index in [0.717, 1.165) is 6.42 Å². The first-order chi connectivity index (χ1) is 7.60. The fraction of sp³-hybridized carbons (Fsp3) is 0.417. The van der Waals surface area contributed by atoms with E-state index >= 15 is 0 Å². The second kappa shape index (κ2) is 5.83. The number of rotatable bonds is 4. The predicted octanol–water partition coefficient (Wildman–Crippen LogP) is 3.45. The van der Waals surface area contributed by atoms with E-state index < -0.39 is 17.8 Å². The number of aliphatic hydroxyl groups excluding tert-OH is 1. The van der Waals surface area contributed by atoms with Crippen LogP contribution in [0.3, 0.4) is 0 Å². The molecule has 1 rings (SSSR count). The Labute approximate surface area is 99.3 Å². The van der Waals surface area contributed by atoms with Crippen LogP contribution >= 0.6 is 11.6 Å². The smallest absolute Gasteiger partial charge is 0.129 e. The quantitative estimate of drug-likeness (QED) is 0.878. The van der Waals surface area contributed by atoms with Gasteiger partial charge in [0.15, 0.2) is 0 Å². The van der Waals surface area contributed by atoms with Gasteiger partial charge in [0.05, 0.1) is 18.1 Å².